The Balaban J connectivity index is 1.27. The van der Waals surface area contributed by atoms with Crippen molar-refractivity contribution >= 4 is 34.5 Å². The van der Waals surface area contributed by atoms with Gasteiger partial charge in [-0.25, -0.2) is 14.3 Å². The molecular formula is C32H24FN3O4. The summed E-state index contributed by atoms with van der Waals surface area (Å²) in [6.07, 6.45) is 0.249. The van der Waals surface area contributed by atoms with E-state index in [4.69, 9.17) is 4.42 Å². The zero-order valence-corrected chi connectivity index (χ0v) is 21.4. The van der Waals surface area contributed by atoms with Gasteiger partial charge in [-0.15, -0.1) is 0 Å². The Labute approximate surface area is 229 Å². The molecular weight excluding hydrogens is 509 g/mol. The second-order valence-corrected chi connectivity index (χ2v) is 9.53. The topological polar surface area (TPSA) is 83.7 Å². The lowest BCUT2D eigenvalue weighted by Crippen LogP contribution is -2.46. The van der Waals surface area contributed by atoms with Gasteiger partial charge in [-0.1, -0.05) is 54.6 Å². The first-order valence-corrected chi connectivity index (χ1v) is 12.9. The highest BCUT2D eigenvalue weighted by Gasteiger charge is 2.44. The van der Waals surface area contributed by atoms with Gasteiger partial charge in [0, 0.05) is 12.1 Å². The first-order chi connectivity index (χ1) is 19.5. The minimum atomic E-state index is -1.06. The molecule has 1 saturated heterocycles. The molecule has 0 N–H and O–H groups in total. The first-order valence-electron chi connectivity index (χ1n) is 12.9. The summed E-state index contributed by atoms with van der Waals surface area (Å²) in [5.74, 6) is -1.85. The maximum Gasteiger partial charge on any atom is 0.257 e. The van der Waals surface area contributed by atoms with E-state index in [0.29, 0.717) is 29.1 Å². The van der Waals surface area contributed by atoms with Gasteiger partial charge in [0.2, 0.25) is 11.8 Å². The number of carbonyl (C=O) groups excluding carboxylic acids is 3. The quantitative estimate of drug-likeness (QED) is 0.253. The van der Waals surface area contributed by atoms with E-state index in [0.717, 1.165) is 16.0 Å². The van der Waals surface area contributed by atoms with Crippen LogP contribution in [0.15, 0.2) is 108 Å². The zero-order valence-electron chi connectivity index (χ0n) is 21.4. The number of para-hydroxylation sites is 2. The molecule has 0 radical (unpaired) electrons. The van der Waals surface area contributed by atoms with Gasteiger partial charge in [0.05, 0.1) is 17.7 Å². The number of carbonyl (C=O) groups is 3. The molecule has 4 aromatic carbocycles. The lowest BCUT2D eigenvalue weighted by molar-refractivity contribution is -0.122. The van der Waals surface area contributed by atoms with Gasteiger partial charge >= 0.3 is 0 Å². The van der Waals surface area contributed by atoms with Crippen molar-refractivity contribution in [2.45, 2.75) is 18.9 Å². The summed E-state index contributed by atoms with van der Waals surface area (Å²) in [7, 11) is 0. The molecule has 1 fully saturated rings. The molecule has 6 rings (SSSR count). The number of oxazole rings is 1. The smallest absolute Gasteiger partial charge is 0.257 e. The van der Waals surface area contributed by atoms with Crippen LogP contribution < -0.4 is 4.90 Å². The van der Waals surface area contributed by atoms with Crippen LogP contribution in [0, 0.1) is 5.82 Å². The van der Waals surface area contributed by atoms with Gasteiger partial charge in [-0.2, -0.15) is 0 Å². The maximum atomic E-state index is 14.6. The predicted octanol–water partition coefficient (Wildman–Crippen LogP) is 5.65. The summed E-state index contributed by atoms with van der Waals surface area (Å²) in [5.41, 5.74) is 3.26. The Morgan fingerprint density at radius 1 is 0.900 bits per heavy atom. The molecule has 0 saturated carbocycles. The first kappa shape index (κ1) is 25.2. The van der Waals surface area contributed by atoms with Crippen molar-refractivity contribution in [3.8, 4) is 11.5 Å². The van der Waals surface area contributed by atoms with Gasteiger partial charge in [-0.3, -0.25) is 14.4 Å². The number of nitrogens with zero attached hydrogens (tertiary/aromatic N) is 3. The van der Waals surface area contributed by atoms with Crippen molar-refractivity contribution in [1.82, 2.24) is 9.88 Å². The molecule has 198 valence electrons. The van der Waals surface area contributed by atoms with Gasteiger partial charge < -0.3 is 9.32 Å². The molecule has 0 bridgehead atoms. The number of hydrogen-bond donors (Lipinski definition) is 0. The number of imide groups is 1. The normalized spacial score (nSPS) is 15.1. The third-order valence-corrected chi connectivity index (χ3v) is 7.01. The number of anilines is 1. The monoisotopic (exact) mass is 533 g/mol. The Morgan fingerprint density at radius 3 is 2.35 bits per heavy atom. The fourth-order valence-corrected chi connectivity index (χ4v) is 4.96. The number of halogens is 1. The number of fused-ring (bicyclic) bond motifs is 1. The molecule has 5 aromatic rings. The van der Waals surface area contributed by atoms with Crippen LogP contribution >= 0.6 is 0 Å². The summed E-state index contributed by atoms with van der Waals surface area (Å²) in [5, 5.41) is 0. The molecule has 2 heterocycles. The van der Waals surface area contributed by atoms with Gasteiger partial charge in [0.25, 0.3) is 11.8 Å². The third kappa shape index (κ3) is 4.75. The Kier molecular flexibility index (Phi) is 6.66. The van der Waals surface area contributed by atoms with E-state index in [1.54, 1.807) is 30.3 Å². The van der Waals surface area contributed by atoms with E-state index in [1.165, 1.54) is 23.1 Å². The summed E-state index contributed by atoms with van der Waals surface area (Å²) < 4.78 is 20.4. The number of aromatic nitrogens is 1. The largest absolute Gasteiger partial charge is 0.436 e. The highest BCUT2D eigenvalue weighted by molar-refractivity contribution is 6.23. The summed E-state index contributed by atoms with van der Waals surface area (Å²) in [4.78, 5) is 47.2. The molecule has 7 nitrogen and oxygen atoms in total. The second kappa shape index (κ2) is 10.6. The lowest BCUT2D eigenvalue weighted by atomic mass is 10.1. The minimum absolute atomic E-state index is 0.142. The van der Waals surface area contributed by atoms with Crippen LogP contribution in [0.5, 0.6) is 0 Å². The number of amides is 3. The molecule has 40 heavy (non-hydrogen) atoms. The van der Waals surface area contributed by atoms with Crippen LogP contribution in [0.1, 0.15) is 22.3 Å². The van der Waals surface area contributed by atoms with Crippen LogP contribution in [0.25, 0.3) is 22.6 Å². The van der Waals surface area contributed by atoms with Crippen molar-refractivity contribution in [1.29, 1.82) is 0 Å². The van der Waals surface area contributed by atoms with Crippen LogP contribution in [0.4, 0.5) is 10.1 Å². The van der Waals surface area contributed by atoms with Crippen molar-refractivity contribution in [2.24, 2.45) is 0 Å². The van der Waals surface area contributed by atoms with Crippen LogP contribution in [-0.4, -0.2) is 40.2 Å². The molecule has 8 heteroatoms. The fourth-order valence-electron chi connectivity index (χ4n) is 4.96. The molecule has 1 atom stereocenters. The van der Waals surface area contributed by atoms with E-state index in [-0.39, 0.29) is 18.5 Å². The van der Waals surface area contributed by atoms with E-state index in [9.17, 15) is 18.8 Å². The highest BCUT2D eigenvalue weighted by Crippen LogP contribution is 2.30. The van der Waals surface area contributed by atoms with Crippen molar-refractivity contribution in [2.75, 3.05) is 11.4 Å². The van der Waals surface area contributed by atoms with Crippen LogP contribution in [-0.2, 0) is 16.0 Å². The molecule has 1 unspecified atom stereocenters. The molecule has 3 amide bonds. The van der Waals surface area contributed by atoms with E-state index in [2.05, 4.69) is 4.98 Å². The Hall–Kier alpha value is -5.11. The second-order valence-electron chi connectivity index (χ2n) is 9.53. The average molecular weight is 534 g/mol. The molecule has 0 aliphatic carbocycles. The number of benzene rings is 4. The van der Waals surface area contributed by atoms with Crippen molar-refractivity contribution < 1.29 is 23.2 Å². The molecule has 0 spiro atoms. The number of hydrogen-bond acceptors (Lipinski definition) is 5. The van der Waals surface area contributed by atoms with Gasteiger partial charge in [-0.05, 0) is 60.5 Å². The lowest BCUT2D eigenvalue weighted by Gasteiger charge is -2.28. The summed E-state index contributed by atoms with van der Waals surface area (Å²) in [6.45, 7) is 0.144. The molecule has 1 aliphatic heterocycles. The molecule has 1 aliphatic rings. The summed E-state index contributed by atoms with van der Waals surface area (Å²) in [6, 6.07) is 28.3. The zero-order chi connectivity index (χ0) is 27.6. The van der Waals surface area contributed by atoms with Crippen LogP contribution in [0.3, 0.4) is 0 Å². The van der Waals surface area contributed by atoms with E-state index >= 15 is 0 Å². The SMILES string of the molecule is O=C1CC(N(CCc2ccccc2)C(=O)c2ccccc2F)C(=O)N1c1ccc(-c2nc3ccccc3o2)cc1. The van der Waals surface area contributed by atoms with Crippen molar-refractivity contribution in [3.05, 3.63) is 120 Å². The average Bonchev–Trinajstić information content (AvgIpc) is 3.54. The van der Waals surface area contributed by atoms with E-state index < -0.39 is 29.6 Å². The number of rotatable bonds is 7. The third-order valence-electron chi connectivity index (χ3n) is 7.01. The molecule has 1 aromatic heterocycles. The van der Waals surface area contributed by atoms with Gasteiger partial charge in [0.1, 0.15) is 17.4 Å². The highest BCUT2D eigenvalue weighted by atomic mass is 19.1. The Bertz CT molecular complexity index is 1680. The van der Waals surface area contributed by atoms with Crippen molar-refractivity contribution in [3.63, 3.8) is 0 Å². The van der Waals surface area contributed by atoms with Crippen LogP contribution in [0.2, 0.25) is 0 Å². The predicted molar refractivity (Wildman–Crippen MR) is 148 cm³/mol. The Morgan fingerprint density at radius 2 is 1.60 bits per heavy atom. The fraction of sp³-hybridized carbons (Fsp3) is 0.125. The standard InChI is InChI=1S/C32H24FN3O4/c33-25-11-5-4-10-24(25)31(38)35(19-18-21-8-2-1-3-9-21)27-20-29(37)36(32(27)39)23-16-14-22(15-17-23)30-34-26-12-6-7-13-28(26)40-30/h1-17,27H,18-20H2. The minimum Gasteiger partial charge on any atom is -0.436 e. The maximum absolute atomic E-state index is 14.6. The van der Waals surface area contributed by atoms with Gasteiger partial charge in [0.15, 0.2) is 5.58 Å². The summed E-state index contributed by atoms with van der Waals surface area (Å²) >= 11 is 0. The van der Waals surface area contributed by atoms with E-state index in [1.807, 2.05) is 54.6 Å².